The van der Waals surface area contributed by atoms with Crippen molar-refractivity contribution in [3.63, 3.8) is 0 Å². The molecule has 0 atom stereocenters. The number of hydrogen-bond donors (Lipinski definition) is 1. The Hall–Kier alpha value is -2.33. The molecule has 0 aliphatic carbocycles. The van der Waals surface area contributed by atoms with E-state index in [4.69, 9.17) is 5.73 Å². The summed E-state index contributed by atoms with van der Waals surface area (Å²) in [5, 5.41) is 0. The Morgan fingerprint density at radius 1 is 0.920 bits per heavy atom. The highest BCUT2D eigenvalue weighted by Gasteiger charge is 2.19. The lowest BCUT2D eigenvalue weighted by Crippen LogP contribution is -2.35. The molecular weight excluding hydrogens is 310 g/mol. The van der Waals surface area contributed by atoms with Crippen LogP contribution in [-0.4, -0.2) is 41.9 Å². The van der Waals surface area contributed by atoms with E-state index in [2.05, 4.69) is 29.2 Å². The Morgan fingerprint density at radius 3 is 2.48 bits per heavy atom. The van der Waals surface area contributed by atoms with Gasteiger partial charge in [-0.15, -0.1) is 0 Å². The predicted molar refractivity (Wildman–Crippen MR) is 102 cm³/mol. The van der Waals surface area contributed by atoms with E-state index in [9.17, 15) is 4.79 Å². The lowest BCUT2D eigenvalue weighted by Gasteiger charge is -2.22. The summed E-state index contributed by atoms with van der Waals surface area (Å²) in [4.78, 5) is 17.0. The first-order valence-corrected chi connectivity index (χ1v) is 9.10. The van der Waals surface area contributed by atoms with Gasteiger partial charge >= 0.3 is 0 Å². The SMILES string of the molecule is Nc1ccccc1CCC(=O)N1CCCN(Cc2ccccc2)CC1. The summed E-state index contributed by atoms with van der Waals surface area (Å²) in [5.41, 5.74) is 9.15. The molecule has 2 N–H and O–H groups in total. The monoisotopic (exact) mass is 337 g/mol. The van der Waals surface area contributed by atoms with Gasteiger partial charge in [0.25, 0.3) is 0 Å². The van der Waals surface area contributed by atoms with Gasteiger partial charge in [0.15, 0.2) is 0 Å². The Kier molecular flexibility index (Phi) is 6.07. The third-order valence-corrected chi connectivity index (χ3v) is 4.85. The summed E-state index contributed by atoms with van der Waals surface area (Å²) < 4.78 is 0. The quantitative estimate of drug-likeness (QED) is 0.854. The summed E-state index contributed by atoms with van der Waals surface area (Å²) in [5.74, 6) is 0.241. The number of anilines is 1. The third-order valence-electron chi connectivity index (χ3n) is 4.85. The number of para-hydroxylation sites is 1. The molecule has 0 spiro atoms. The third kappa shape index (κ3) is 5.07. The topological polar surface area (TPSA) is 49.6 Å². The minimum Gasteiger partial charge on any atom is -0.399 e. The second-order valence-electron chi connectivity index (χ2n) is 6.69. The van der Waals surface area contributed by atoms with Crippen LogP contribution in [-0.2, 0) is 17.8 Å². The molecule has 1 aliphatic heterocycles. The van der Waals surface area contributed by atoms with Crippen LogP contribution < -0.4 is 5.73 Å². The molecule has 25 heavy (non-hydrogen) atoms. The number of nitrogens with two attached hydrogens (primary N) is 1. The minimum absolute atomic E-state index is 0.241. The van der Waals surface area contributed by atoms with E-state index < -0.39 is 0 Å². The molecule has 2 aromatic rings. The molecule has 0 unspecified atom stereocenters. The molecular formula is C21H27N3O. The predicted octanol–water partition coefficient (Wildman–Crippen LogP) is 2.94. The Morgan fingerprint density at radius 2 is 1.68 bits per heavy atom. The van der Waals surface area contributed by atoms with E-state index in [1.54, 1.807) is 0 Å². The molecule has 4 heteroatoms. The van der Waals surface area contributed by atoms with Crippen LogP contribution in [0.4, 0.5) is 5.69 Å². The van der Waals surface area contributed by atoms with E-state index in [0.29, 0.717) is 6.42 Å². The zero-order valence-electron chi connectivity index (χ0n) is 14.7. The molecule has 1 saturated heterocycles. The molecule has 0 radical (unpaired) electrons. The van der Waals surface area contributed by atoms with Crippen molar-refractivity contribution >= 4 is 11.6 Å². The lowest BCUT2D eigenvalue weighted by atomic mass is 10.1. The van der Waals surface area contributed by atoms with Gasteiger partial charge < -0.3 is 10.6 Å². The molecule has 0 saturated carbocycles. The number of rotatable bonds is 5. The van der Waals surface area contributed by atoms with Crippen LogP contribution in [0.15, 0.2) is 54.6 Å². The van der Waals surface area contributed by atoms with Gasteiger partial charge in [-0.3, -0.25) is 9.69 Å². The highest BCUT2D eigenvalue weighted by molar-refractivity contribution is 5.76. The molecule has 0 aromatic heterocycles. The summed E-state index contributed by atoms with van der Waals surface area (Å²) >= 11 is 0. The summed E-state index contributed by atoms with van der Waals surface area (Å²) in [6, 6.07) is 18.3. The number of nitrogen functional groups attached to an aromatic ring is 1. The molecule has 1 amide bonds. The van der Waals surface area contributed by atoms with E-state index in [0.717, 1.165) is 56.8 Å². The van der Waals surface area contributed by atoms with Crippen LogP contribution >= 0.6 is 0 Å². The zero-order chi connectivity index (χ0) is 17.5. The van der Waals surface area contributed by atoms with Crippen LogP contribution in [0.5, 0.6) is 0 Å². The van der Waals surface area contributed by atoms with Crippen LogP contribution in [0.1, 0.15) is 24.0 Å². The van der Waals surface area contributed by atoms with Gasteiger partial charge in [-0.05, 0) is 30.0 Å². The van der Waals surface area contributed by atoms with Gasteiger partial charge in [-0.2, -0.15) is 0 Å². The maximum atomic E-state index is 12.6. The number of carbonyl (C=O) groups is 1. The maximum absolute atomic E-state index is 12.6. The summed E-state index contributed by atoms with van der Waals surface area (Å²) in [6.45, 7) is 4.62. The standard InChI is InChI=1S/C21H27N3O/c22-20-10-5-4-9-19(20)11-12-21(25)24-14-6-13-23(15-16-24)17-18-7-2-1-3-8-18/h1-5,7-10H,6,11-17,22H2. The van der Waals surface area contributed by atoms with Gasteiger partial charge in [0.05, 0.1) is 0 Å². The molecule has 132 valence electrons. The largest absolute Gasteiger partial charge is 0.399 e. The second kappa shape index (κ2) is 8.67. The molecule has 1 fully saturated rings. The highest BCUT2D eigenvalue weighted by Crippen LogP contribution is 2.15. The van der Waals surface area contributed by atoms with E-state index in [1.807, 2.05) is 35.2 Å². The van der Waals surface area contributed by atoms with E-state index in [-0.39, 0.29) is 5.91 Å². The first kappa shape index (κ1) is 17.5. The summed E-state index contributed by atoms with van der Waals surface area (Å²) in [6.07, 6.45) is 2.29. The van der Waals surface area contributed by atoms with Gasteiger partial charge in [0.1, 0.15) is 0 Å². The number of benzene rings is 2. The Labute approximate surface area is 150 Å². The maximum Gasteiger partial charge on any atom is 0.222 e. The number of amides is 1. The van der Waals surface area contributed by atoms with Gasteiger partial charge in [-0.25, -0.2) is 0 Å². The highest BCUT2D eigenvalue weighted by atomic mass is 16.2. The molecule has 1 heterocycles. The van der Waals surface area contributed by atoms with Crippen molar-refractivity contribution in [2.24, 2.45) is 0 Å². The second-order valence-corrected chi connectivity index (χ2v) is 6.69. The molecule has 2 aromatic carbocycles. The van der Waals surface area contributed by atoms with Gasteiger partial charge in [0, 0.05) is 44.8 Å². The Bertz CT molecular complexity index is 687. The number of carbonyl (C=O) groups excluding carboxylic acids is 1. The molecule has 1 aliphatic rings. The Balaban J connectivity index is 1.49. The lowest BCUT2D eigenvalue weighted by molar-refractivity contribution is -0.131. The van der Waals surface area contributed by atoms with Crippen molar-refractivity contribution in [2.45, 2.75) is 25.8 Å². The fourth-order valence-corrected chi connectivity index (χ4v) is 3.38. The fourth-order valence-electron chi connectivity index (χ4n) is 3.38. The first-order chi connectivity index (χ1) is 12.2. The van der Waals surface area contributed by atoms with Crippen molar-refractivity contribution in [2.75, 3.05) is 31.9 Å². The smallest absolute Gasteiger partial charge is 0.222 e. The molecule has 0 bridgehead atoms. The van der Waals surface area contributed by atoms with Crippen molar-refractivity contribution in [3.8, 4) is 0 Å². The average Bonchev–Trinajstić information content (AvgIpc) is 2.87. The van der Waals surface area contributed by atoms with Gasteiger partial charge in [-0.1, -0.05) is 48.5 Å². The minimum atomic E-state index is 0.241. The van der Waals surface area contributed by atoms with Crippen molar-refractivity contribution in [1.29, 1.82) is 0 Å². The number of hydrogen-bond acceptors (Lipinski definition) is 3. The van der Waals surface area contributed by atoms with Crippen molar-refractivity contribution in [1.82, 2.24) is 9.80 Å². The summed E-state index contributed by atoms with van der Waals surface area (Å²) in [7, 11) is 0. The van der Waals surface area contributed by atoms with Crippen molar-refractivity contribution in [3.05, 3.63) is 65.7 Å². The average molecular weight is 337 g/mol. The number of nitrogens with zero attached hydrogens (tertiary/aromatic N) is 2. The van der Waals surface area contributed by atoms with Crippen LogP contribution in [0.25, 0.3) is 0 Å². The fraction of sp³-hybridized carbons (Fsp3) is 0.381. The van der Waals surface area contributed by atoms with E-state index >= 15 is 0 Å². The number of aryl methyl sites for hydroxylation is 1. The molecule has 4 nitrogen and oxygen atoms in total. The first-order valence-electron chi connectivity index (χ1n) is 9.10. The van der Waals surface area contributed by atoms with Crippen LogP contribution in [0.3, 0.4) is 0 Å². The van der Waals surface area contributed by atoms with Crippen LogP contribution in [0.2, 0.25) is 0 Å². The molecule has 3 rings (SSSR count). The van der Waals surface area contributed by atoms with Crippen molar-refractivity contribution < 1.29 is 4.79 Å². The van der Waals surface area contributed by atoms with Gasteiger partial charge in [0.2, 0.25) is 5.91 Å². The van der Waals surface area contributed by atoms with E-state index in [1.165, 1.54) is 5.56 Å². The van der Waals surface area contributed by atoms with Crippen LogP contribution in [0, 0.1) is 0 Å². The normalized spacial score (nSPS) is 15.8. The zero-order valence-corrected chi connectivity index (χ0v) is 14.7.